The van der Waals surface area contributed by atoms with Crippen LogP contribution in [0.15, 0.2) is 18.2 Å². The van der Waals surface area contributed by atoms with Gasteiger partial charge in [0, 0.05) is 35.2 Å². The maximum absolute atomic E-state index is 9.95. The van der Waals surface area contributed by atoms with Gasteiger partial charge in [0.25, 0.3) is 0 Å². The summed E-state index contributed by atoms with van der Waals surface area (Å²) in [6.45, 7) is 3.15. The lowest BCUT2D eigenvalue weighted by Gasteiger charge is -2.37. The van der Waals surface area contributed by atoms with Crippen molar-refractivity contribution in [3.05, 3.63) is 29.5 Å². The van der Waals surface area contributed by atoms with Crippen molar-refractivity contribution in [2.24, 2.45) is 0 Å². The van der Waals surface area contributed by atoms with E-state index in [4.69, 9.17) is 4.74 Å². The summed E-state index contributed by atoms with van der Waals surface area (Å²) in [7, 11) is 1.71. The van der Waals surface area contributed by atoms with Crippen LogP contribution in [0.25, 0.3) is 10.9 Å². The van der Waals surface area contributed by atoms with E-state index in [1.165, 1.54) is 35.0 Å². The molecule has 2 saturated heterocycles. The molecule has 4 nitrogen and oxygen atoms in total. The number of fused-ring (bicyclic) bond motifs is 3. The van der Waals surface area contributed by atoms with Crippen molar-refractivity contribution in [1.82, 2.24) is 9.88 Å². The van der Waals surface area contributed by atoms with Crippen molar-refractivity contribution in [2.45, 2.75) is 57.3 Å². The van der Waals surface area contributed by atoms with Crippen molar-refractivity contribution >= 4 is 10.9 Å². The summed E-state index contributed by atoms with van der Waals surface area (Å²) < 4.78 is 5.34. The molecule has 2 bridgehead atoms. The van der Waals surface area contributed by atoms with Gasteiger partial charge in [0.1, 0.15) is 5.75 Å². The third-order valence-corrected chi connectivity index (χ3v) is 5.57. The number of aliphatic hydroxyl groups is 1. The van der Waals surface area contributed by atoms with Crippen LogP contribution in [0.5, 0.6) is 5.75 Å². The number of piperidine rings is 1. The van der Waals surface area contributed by atoms with Gasteiger partial charge in [-0.15, -0.1) is 0 Å². The fourth-order valence-corrected chi connectivity index (χ4v) is 4.33. The summed E-state index contributed by atoms with van der Waals surface area (Å²) in [6, 6.07) is 7.31. The van der Waals surface area contributed by atoms with Gasteiger partial charge >= 0.3 is 0 Å². The van der Waals surface area contributed by atoms with Crippen LogP contribution in [0, 0.1) is 6.92 Å². The van der Waals surface area contributed by atoms with Crippen LogP contribution >= 0.6 is 0 Å². The molecule has 2 aromatic rings. The van der Waals surface area contributed by atoms with Crippen molar-refractivity contribution in [3.8, 4) is 5.75 Å². The Balaban J connectivity index is 1.63. The van der Waals surface area contributed by atoms with Crippen LogP contribution < -0.4 is 4.74 Å². The van der Waals surface area contributed by atoms with Gasteiger partial charge < -0.3 is 14.8 Å². The zero-order valence-electron chi connectivity index (χ0n) is 13.3. The van der Waals surface area contributed by atoms with Crippen LogP contribution in [0.1, 0.15) is 36.9 Å². The number of methoxy groups -OCH3 is 1. The Labute approximate surface area is 131 Å². The Morgan fingerprint density at radius 2 is 2.00 bits per heavy atom. The number of nitrogens with zero attached hydrogens (tertiary/aromatic N) is 1. The monoisotopic (exact) mass is 300 g/mol. The van der Waals surface area contributed by atoms with Crippen molar-refractivity contribution in [1.29, 1.82) is 0 Å². The number of H-pyrrole nitrogens is 1. The highest BCUT2D eigenvalue weighted by Gasteiger charge is 2.40. The molecule has 4 rings (SSSR count). The predicted molar refractivity (Wildman–Crippen MR) is 87.2 cm³/mol. The Bertz CT molecular complexity index is 680. The second kappa shape index (κ2) is 5.28. The third-order valence-electron chi connectivity index (χ3n) is 5.57. The largest absolute Gasteiger partial charge is 0.497 e. The fourth-order valence-electron chi connectivity index (χ4n) is 4.33. The van der Waals surface area contributed by atoms with Crippen molar-refractivity contribution < 1.29 is 9.84 Å². The quantitative estimate of drug-likeness (QED) is 0.916. The van der Waals surface area contributed by atoms with Gasteiger partial charge in [-0.2, -0.15) is 0 Å². The highest BCUT2D eigenvalue weighted by Crippen LogP contribution is 2.37. The zero-order valence-corrected chi connectivity index (χ0v) is 13.3. The van der Waals surface area contributed by atoms with Gasteiger partial charge in [-0.3, -0.25) is 4.90 Å². The molecule has 3 atom stereocenters. The van der Waals surface area contributed by atoms with Gasteiger partial charge in [0.2, 0.25) is 0 Å². The maximum Gasteiger partial charge on any atom is 0.119 e. The van der Waals surface area contributed by atoms with Crippen LogP contribution in [-0.2, 0) is 6.54 Å². The predicted octanol–water partition coefficient (Wildman–Crippen LogP) is 2.97. The Morgan fingerprint density at radius 3 is 2.68 bits per heavy atom. The first-order valence-electron chi connectivity index (χ1n) is 8.24. The molecule has 0 amide bonds. The van der Waals surface area contributed by atoms with Crippen LogP contribution in [-0.4, -0.2) is 40.3 Å². The topological polar surface area (TPSA) is 48.5 Å². The molecule has 0 spiro atoms. The number of benzene rings is 1. The molecule has 2 N–H and O–H groups in total. The summed E-state index contributed by atoms with van der Waals surface area (Å²) in [5.74, 6) is 0.905. The minimum absolute atomic E-state index is 0.0955. The fraction of sp³-hybridized carbons (Fsp3) is 0.556. The number of aromatic amines is 1. The van der Waals surface area contributed by atoms with Gasteiger partial charge in [-0.05, 0) is 56.4 Å². The molecule has 0 radical (unpaired) electrons. The van der Waals surface area contributed by atoms with Crippen LogP contribution in [0.2, 0.25) is 0 Å². The van der Waals surface area contributed by atoms with Crippen LogP contribution in [0.4, 0.5) is 0 Å². The lowest BCUT2D eigenvalue weighted by Crippen LogP contribution is -2.44. The molecule has 1 unspecified atom stereocenters. The second-order valence-corrected chi connectivity index (χ2v) is 6.82. The minimum atomic E-state index is -0.0955. The number of nitrogens with one attached hydrogen (secondary N) is 1. The van der Waals surface area contributed by atoms with E-state index < -0.39 is 0 Å². The summed E-state index contributed by atoms with van der Waals surface area (Å²) in [6.07, 6.45) is 4.23. The minimum Gasteiger partial charge on any atom is -0.497 e. The number of hydrogen-bond donors (Lipinski definition) is 2. The van der Waals surface area contributed by atoms with Crippen molar-refractivity contribution in [2.75, 3.05) is 7.11 Å². The van der Waals surface area contributed by atoms with E-state index in [9.17, 15) is 5.11 Å². The summed E-state index contributed by atoms with van der Waals surface area (Å²) in [5.41, 5.74) is 3.80. The molecule has 2 fully saturated rings. The van der Waals surface area contributed by atoms with Gasteiger partial charge in [0.15, 0.2) is 0 Å². The second-order valence-electron chi connectivity index (χ2n) is 6.82. The van der Waals surface area contributed by atoms with Gasteiger partial charge in [-0.25, -0.2) is 0 Å². The molecule has 3 heterocycles. The summed E-state index contributed by atoms with van der Waals surface area (Å²) >= 11 is 0. The SMILES string of the molecule is COc1ccc2[nH]c(CN3[C@@H]4CC[C@H]3CC(O)C4)c(C)c2c1. The smallest absolute Gasteiger partial charge is 0.119 e. The van der Waals surface area contributed by atoms with E-state index in [0.29, 0.717) is 12.1 Å². The molecule has 2 aliphatic heterocycles. The normalized spacial score (nSPS) is 28.4. The van der Waals surface area contributed by atoms with Crippen molar-refractivity contribution in [3.63, 3.8) is 0 Å². The first kappa shape index (κ1) is 14.1. The standard InChI is InChI=1S/C18H24N2O2/c1-11-16-9-15(22-2)5-6-17(16)19-18(11)10-20-12-3-4-13(20)8-14(21)7-12/h5-6,9,12-14,19,21H,3-4,7-8,10H2,1-2H3/t12-,13+,14?. The Morgan fingerprint density at radius 1 is 1.27 bits per heavy atom. The Kier molecular flexibility index (Phi) is 3.39. The molecule has 0 aliphatic carbocycles. The average Bonchev–Trinajstić information content (AvgIpc) is 2.94. The first-order valence-corrected chi connectivity index (χ1v) is 8.24. The molecule has 4 heteroatoms. The Hall–Kier alpha value is -1.52. The molecule has 0 saturated carbocycles. The van der Waals surface area contributed by atoms with E-state index in [2.05, 4.69) is 28.9 Å². The summed E-state index contributed by atoms with van der Waals surface area (Å²) in [5, 5.41) is 11.2. The molecule has 22 heavy (non-hydrogen) atoms. The lowest BCUT2D eigenvalue weighted by molar-refractivity contribution is 0.0304. The van der Waals surface area contributed by atoms with Crippen LogP contribution in [0.3, 0.4) is 0 Å². The average molecular weight is 300 g/mol. The molecular weight excluding hydrogens is 276 g/mol. The summed E-state index contributed by atoms with van der Waals surface area (Å²) in [4.78, 5) is 6.18. The molecule has 1 aromatic carbocycles. The maximum atomic E-state index is 9.95. The number of aliphatic hydroxyl groups excluding tert-OH is 1. The van der Waals surface area contributed by atoms with E-state index in [1.54, 1.807) is 7.11 Å². The van der Waals surface area contributed by atoms with Gasteiger partial charge in [-0.1, -0.05) is 0 Å². The zero-order chi connectivity index (χ0) is 15.3. The van der Waals surface area contributed by atoms with Gasteiger partial charge in [0.05, 0.1) is 13.2 Å². The molecule has 2 aliphatic rings. The number of aryl methyl sites for hydroxylation is 1. The number of aromatic nitrogens is 1. The number of rotatable bonds is 3. The lowest BCUT2D eigenvalue weighted by atomic mass is 9.99. The first-order chi connectivity index (χ1) is 10.7. The molecule has 1 aromatic heterocycles. The highest BCUT2D eigenvalue weighted by molar-refractivity contribution is 5.85. The highest BCUT2D eigenvalue weighted by atomic mass is 16.5. The number of hydrogen-bond acceptors (Lipinski definition) is 3. The van der Waals surface area contributed by atoms with E-state index in [0.717, 1.165) is 25.1 Å². The van der Waals surface area contributed by atoms with E-state index >= 15 is 0 Å². The number of ether oxygens (including phenoxy) is 1. The molecule has 118 valence electrons. The van der Waals surface area contributed by atoms with E-state index in [1.807, 2.05) is 6.07 Å². The van der Waals surface area contributed by atoms with E-state index in [-0.39, 0.29) is 6.10 Å². The third kappa shape index (κ3) is 2.22. The molecular formula is C18H24N2O2.